The third-order valence-corrected chi connectivity index (χ3v) is 5.47. The third kappa shape index (κ3) is 4.19. The number of anilines is 1. The minimum absolute atomic E-state index is 0.344. The van der Waals surface area contributed by atoms with Crippen LogP contribution in [0.25, 0.3) is 0 Å². The van der Waals surface area contributed by atoms with E-state index in [0.29, 0.717) is 31.7 Å². The molecule has 0 aliphatic carbocycles. The van der Waals surface area contributed by atoms with Gasteiger partial charge in [-0.05, 0) is 37.0 Å². The molecule has 0 spiro atoms. The molecule has 0 radical (unpaired) electrons. The zero-order valence-electron chi connectivity index (χ0n) is 10.6. The molecule has 1 aliphatic rings. The molecule has 0 bridgehead atoms. The summed E-state index contributed by atoms with van der Waals surface area (Å²) in [5, 5.41) is 0.559. The van der Waals surface area contributed by atoms with Gasteiger partial charge in [-0.3, -0.25) is 4.72 Å². The fraction of sp³-hybridized carbons (Fsp3) is 0.538. The van der Waals surface area contributed by atoms with Gasteiger partial charge in [0, 0.05) is 24.2 Å². The normalized spacial score (nSPS) is 17.3. The molecule has 1 fully saturated rings. The zero-order valence-corrected chi connectivity index (χ0v) is 13.0. The lowest BCUT2D eigenvalue weighted by Crippen LogP contribution is -2.33. The van der Waals surface area contributed by atoms with Crippen molar-refractivity contribution in [2.24, 2.45) is 0 Å². The van der Waals surface area contributed by atoms with Gasteiger partial charge in [0.25, 0.3) is 0 Å². The van der Waals surface area contributed by atoms with E-state index in [1.54, 1.807) is 0 Å². The molecule has 1 N–H and O–H groups in total. The lowest BCUT2D eigenvalue weighted by molar-refractivity contribution is 0.0984. The number of sulfonamides is 1. The Morgan fingerprint density at radius 1 is 1.21 bits per heavy atom. The third-order valence-electron chi connectivity index (χ3n) is 3.20. The molecule has 1 saturated heterocycles. The van der Waals surface area contributed by atoms with Crippen LogP contribution in [0.5, 0.6) is 0 Å². The second kappa shape index (κ2) is 6.72. The van der Waals surface area contributed by atoms with Crippen molar-refractivity contribution in [1.82, 2.24) is 0 Å². The number of nitrogens with one attached hydrogen (secondary N) is 1. The second-order valence-corrected chi connectivity index (χ2v) is 7.35. The summed E-state index contributed by atoms with van der Waals surface area (Å²) < 4.78 is 32.2. The Hall–Kier alpha value is -0.590. The van der Waals surface area contributed by atoms with Crippen molar-refractivity contribution in [1.29, 1.82) is 0 Å². The first kappa shape index (κ1) is 14.8. The van der Waals surface area contributed by atoms with Crippen molar-refractivity contribution >= 4 is 31.6 Å². The minimum atomic E-state index is -3.30. The van der Waals surface area contributed by atoms with E-state index in [2.05, 4.69) is 20.7 Å². The number of aryl methyl sites for hydroxylation is 1. The summed E-state index contributed by atoms with van der Waals surface area (Å²) in [7, 11) is -3.30. The summed E-state index contributed by atoms with van der Waals surface area (Å²) in [4.78, 5) is 0. The van der Waals surface area contributed by atoms with Crippen LogP contribution in [0.2, 0.25) is 0 Å². The van der Waals surface area contributed by atoms with Crippen molar-refractivity contribution in [2.75, 3.05) is 23.3 Å². The van der Waals surface area contributed by atoms with Gasteiger partial charge < -0.3 is 4.74 Å². The molecule has 2 rings (SSSR count). The van der Waals surface area contributed by atoms with E-state index in [9.17, 15) is 8.42 Å². The zero-order chi connectivity index (χ0) is 13.7. The number of hydrogen-bond donors (Lipinski definition) is 1. The minimum Gasteiger partial charge on any atom is -0.381 e. The average Bonchev–Trinajstić information content (AvgIpc) is 2.42. The molecular weight excluding hydrogens is 330 g/mol. The standard InChI is InChI=1S/C13H18BrNO3S/c14-8-5-11-1-3-12(4-2-11)15-19(16,17)13-6-9-18-10-7-13/h1-4,13,15H,5-10H2. The summed E-state index contributed by atoms with van der Waals surface area (Å²) >= 11 is 3.38. The van der Waals surface area contributed by atoms with Crippen LogP contribution in [0.4, 0.5) is 5.69 Å². The Kier molecular flexibility index (Phi) is 5.24. The first-order chi connectivity index (χ1) is 9.12. The summed E-state index contributed by atoms with van der Waals surface area (Å²) in [6, 6.07) is 7.52. The predicted octanol–water partition coefficient (Wildman–Crippen LogP) is 2.54. The molecule has 0 atom stereocenters. The topological polar surface area (TPSA) is 55.4 Å². The van der Waals surface area contributed by atoms with Gasteiger partial charge in [-0.15, -0.1) is 0 Å². The van der Waals surface area contributed by atoms with Crippen LogP contribution in [0.15, 0.2) is 24.3 Å². The van der Waals surface area contributed by atoms with E-state index in [-0.39, 0.29) is 5.25 Å². The van der Waals surface area contributed by atoms with E-state index in [4.69, 9.17) is 4.74 Å². The number of hydrogen-bond acceptors (Lipinski definition) is 3. The Morgan fingerprint density at radius 3 is 2.42 bits per heavy atom. The number of alkyl halides is 1. The monoisotopic (exact) mass is 347 g/mol. The van der Waals surface area contributed by atoms with Gasteiger partial charge in [0.1, 0.15) is 0 Å². The number of benzene rings is 1. The molecule has 1 aliphatic heterocycles. The molecule has 4 nitrogen and oxygen atoms in total. The quantitative estimate of drug-likeness (QED) is 0.832. The molecular formula is C13H18BrNO3S. The van der Waals surface area contributed by atoms with Crippen LogP contribution in [-0.2, 0) is 21.2 Å². The highest BCUT2D eigenvalue weighted by Crippen LogP contribution is 2.19. The molecule has 1 heterocycles. The van der Waals surface area contributed by atoms with E-state index in [0.717, 1.165) is 11.8 Å². The first-order valence-electron chi connectivity index (χ1n) is 6.36. The first-order valence-corrected chi connectivity index (χ1v) is 9.03. The largest absolute Gasteiger partial charge is 0.381 e. The van der Waals surface area contributed by atoms with Gasteiger partial charge in [0.2, 0.25) is 10.0 Å². The van der Waals surface area contributed by atoms with E-state index in [1.807, 2.05) is 24.3 Å². The van der Waals surface area contributed by atoms with Crippen molar-refractivity contribution in [3.05, 3.63) is 29.8 Å². The fourth-order valence-corrected chi connectivity index (χ4v) is 3.98. The Bertz CT molecular complexity index is 495. The van der Waals surface area contributed by atoms with E-state index >= 15 is 0 Å². The summed E-state index contributed by atoms with van der Waals surface area (Å²) in [5.41, 5.74) is 1.82. The lowest BCUT2D eigenvalue weighted by Gasteiger charge is -2.22. The van der Waals surface area contributed by atoms with Gasteiger partial charge in [0.05, 0.1) is 5.25 Å². The maximum Gasteiger partial charge on any atom is 0.235 e. The maximum absolute atomic E-state index is 12.2. The Morgan fingerprint density at radius 2 is 1.84 bits per heavy atom. The van der Waals surface area contributed by atoms with Crippen LogP contribution in [-0.4, -0.2) is 32.2 Å². The summed E-state index contributed by atoms with van der Waals surface area (Å²) in [5.74, 6) is 0. The maximum atomic E-state index is 12.2. The number of halogens is 1. The van der Waals surface area contributed by atoms with Crippen molar-refractivity contribution in [2.45, 2.75) is 24.5 Å². The molecule has 1 aromatic carbocycles. The molecule has 0 amide bonds. The van der Waals surface area contributed by atoms with Crippen molar-refractivity contribution in [3.8, 4) is 0 Å². The number of ether oxygens (including phenoxy) is 1. The lowest BCUT2D eigenvalue weighted by atomic mass is 10.2. The van der Waals surface area contributed by atoms with E-state index in [1.165, 1.54) is 5.56 Å². The predicted molar refractivity (Wildman–Crippen MR) is 80.3 cm³/mol. The number of rotatable bonds is 5. The van der Waals surface area contributed by atoms with Crippen LogP contribution < -0.4 is 4.72 Å². The molecule has 0 unspecified atom stereocenters. The molecule has 0 aromatic heterocycles. The highest BCUT2D eigenvalue weighted by molar-refractivity contribution is 9.09. The highest BCUT2D eigenvalue weighted by atomic mass is 79.9. The fourth-order valence-electron chi connectivity index (χ4n) is 2.08. The average molecular weight is 348 g/mol. The summed E-state index contributed by atoms with van der Waals surface area (Å²) in [6.07, 6.45) is 2.07. The van der Waals surface area contributed by atoms with E-state index < -0.39 is 10.0 Å². The van der Waals surface area contributed by atoms with Crippen LogP contribution in [0.3, 0.4) is 0 Å². The van der Waals surface area contributed by atoms with Crippen LogP contribution >= 0.6 is 15.9 Å². The molecule has 106 valence electrons. The molecule has 1 aromatic rings. The molecule has 19 heavy (non-hydrogen) atoms. The van der Waals surface area contributed by atoms with Gasteiger partial charge in [-0.25, -0.2) is 8.42 Å². The smallest absolute Gasteiger partial charge is 0.235 e. The Balaban J connectivity index is 2.02. The summed E-state index contributed by atoms with van der Waals surface area (Å²) in [6.45, 7) is 1.05. The second-order valence-electron chi connectivity index (χ2n) is 4.59. The van der Waals surface area contributed by atoms with Gasteiger partial charge in [-0.1, -0.05) is 28.1 Å². The Labute approximate surface area is 122 Å². The van der Waals surface area contributed by atoms with Crippen LogP contribution in [0.1, 0.15) is 18.4 Å². The molecule has 0 saturated carbocycles. The van der Waals surface area contributed by atoms with Crippen LogP contribution in [0, 0.1) is 0 Å². The SMILES string of the molecule is O=S(=O)(Nc1ccc(CCBr)cc1)C1CCOCC1. The van der Waals surface area contributed by atoms with Gasteiger partial charge in [0.15, 0.2) is 0 Å². The highest BCUT2D eigenvalue weighted by Gasteiger charge is 2.27. The van der Waals surface area contributed by atoms with Crippen molar-refractivity contribution in [3.63, 3.8) is 0 Å². The van der Waals surface area contributed by atoms with Gasteiger partial charge >= 0.3 is 0 Å². The molecule has 6 heteroatoms. The van der Waals surface area contributed by atoms with Gasteiger partial charge in [-0.2, -0.15) is 0 Å². The van der Waals surface area contributed by atoms with Crippen molar-refractivity contribution < 1.29 is 13.2 Å².